The molecule has 108 valence electrons. The topological polar surface area (TPSA) is 50.7 Å². The molecule has 0 aliphatic heterocycles. The molecule has 21 heavy (non-hydrogen) atoms. The molecule has 6 heteroatoms. The lowest BCUT2D eigenvalue weighted by molar-refractivity contribution is 1.19. The monoisotopic (exact) mass is 316 g/mol. The molecular formula is C15H16N4S2. The molecule has 3 heterocycles. The first kappa shape index (κ1) is 14.2. The molecule has 0 aromatic carbocycles. The van der Waals surface area contributed by atoms with Crippen molar-refractivity contribution in [1.82, 2.24) is 15.0 Å². The van der Waals surface area contributed by atoms with Crippen molar-refractivity contribution < 1.29 is 0 Å². The molecule has 0 saturated heterocycles. The lowest BCUT2D eigenvalue weighted by Crippen LogP contribution is -1.92. The molecule has 0 amide bonds. The van der Waals surface area contributed by atoms with E-state index in [-0.39, 0.29) is 0 Å². The third-order valence-corrected chi connectivity index (χ3v) is 5.03. The van der Waals surface area contributed by atoms with E-state index in [0.717, 1.165) is 37.8 Å². The molecule has 1 N–H and O–H groups in total. The summed E-state index contributed by atoms with van der Waals surface area (Å²) in [6, 6.07) is 4.00. The van der Waals surface area contributed by atoms with Crippen molar-refractivity contribution in [2.45, 2.75) is 27.7 Å². The number of aromatic nitrogens is 3. The van der Waals surface area contributed by atoms with Crippen molar-refractivity contribution >= 4 is 33.6 Å². The highest BCUT2D eigenvalue weighted by atomic mass is 32.1. The van der Waals surface area contributed by atoms with E-state index in [1.165, 1.54) is 4.88 Å². The van der Waals surface area contributed by atoms with E-state index in [0.29, 0.717) is 0 Å². The molecule has 0 atom stereocenters. The largest absolute Gasteiger partial charge is 0.316 e. The maximum atomic E-state index is 4.71. The fourth-order valence-corrected chi connectivity index (χ4v) is 3.92. The number of thiazole rings is 2. The van der Waals surface area contributed by atoms with Gasteiger partial charge in [-0.25, -0.2) is 15.0 Å². The van der Waals surface area contributed by atoms with Crippen LogP contribution in [0.4, 0.5) is 10.9 Å². The molecule has 3 aromatic rings. The van der Waals surface area contributed by atoms with Crippen molar-refractivity contribution in [2.75, 3.05) is 5.32 Å². The fraction of sp³-hybridized carbons (Fsp3) is 0.267. The first-order valence-electron chi connectivity index (χ1n) is 6.64. The van der Waals surface area contributed by atoms with Crippen LogP contribution in [0.5, 0.6) is 0 Å². The molecule has 0 spiro atoms. The van der Waals surface area contributed by atoms with Gasteiger partial charge in [0.05, 0.1) is 21.3 Å². The van der Waals surface area contributed by atoms with E-state index in [2.05, 4.69) is 22.2 Å². The van der Waals surface area contributed by atoms with Gasteiger partial charge in [-0.05, 0) is 39.3 Å². The normalized spacial score (nSPS) is 10.9. The van der Waals surface area contributed by atoms with Gasteiger partial charge in [-0.1, -0.05) is 6.07 Å². The smallest absolute Gasteiger partial charge is 0.189 e. The van der Waals surface area contributed by atoms with E-state index in [4.69, 9.17) is 4.98 Å². The first-order chi connectivity index (χ1) is 10.0. The zero-order valence-corrected chi connectivity index (χ0v) is 14.0. The molecule has 0 aliphatic rings. The van der Waals surface area contributed by atoms with Crippen molar-refractivity contribution in [3.8, 4) is 10.6 Å². The molecular weight excluding hydrogens is 300 g/mol. The molecule has 3 rings (SSSR count). The van der Waals surface area contributed by atoms with Gasteiger partial charge in [0.1, 0.15) is 5.82 Å². The average molecular weight is 316 g/mol. The van der Waals surface area contributed by atoms with Gasteiger partial charge < -0.3 is 5.32 Å². The van der Waals surface area contributed by atoms with E-state index < -0.39 is 0 Å². The Labute approximate surface area is 131 Å². The summed E-state index contributed by atoms with van der Waals surface area (Å²) in [4.78, 5) is 15.9. The maximum Gasteiger partial charge on any atom is 0.189 e. The second kappa shape index (κ2) is 5.54. The number of aryl methyl sites for hydroxylation is 4. The van der Waals surface area contributed by atoms with Gasteiger partial charge in [-0.2, -0.15) is 0 Å². The first-order valence-corrected chi connectivity index (χ1v) is 8.28. The zero-order chi connectivity index (χ0) is 15.0. The zero-order valence-electron chi connectivity index (χ0n) is 12.4. The Hall–Kier alpha value is -1.79. The Morgan fingerprint density at radius 3 is 2.43 bits per heavy atom. The predicted octanol–water partition coefficient (Wildman–Crippen LogP) is 4.64. The number of rotatable bonds is 3. The summed E-state index contributed by atoms with van der Waals surface area (Å²) < 4.78 is 0. The van der Waals surface area contributed by atoms with Crippen molar-refractivity contribution in [3.05, 3.63) is 39.5 Å². The van der Waals surface area contributed by atoms with Crippen LogP contribution >= 0.6 is 22.7 Å². The van der Waals surface area contributed by atoms with Crippen molar-refractivity contribution in [3.63, 3.8) is 0 Å². The fourth-order valence-electron chi connectivity index (χ4n) is 2.06. The van der Waals surface area contributed by atoms with Crippen LogP contribution in [0, 0.1) is 27.7 Å². The van der Waals surface area contributed by atoms with Gasteiger partial charge in [-0.3, -0.25) is 0 Å². The second-order valence-corrected chi connectivity index (χ2v) is 7.32. The summed E-state index contributed by atoms with van der Waals surface area (Å²) in [7, 11) is 0. The summed E-state index contributed by atoms with van der Waals surface area (Å²) in [6.07, 6.45) is 1.85. The van der Waals surface area contributed by atoms with E-state index >= 15 is 0 Å². The molecule has 0 saturated carbocycles. The van der Waals surface area contributed by atoms with Gasteiger partial charge >= 0.3 is 0 Å². The molecule has 0 radical (unpaired) electrons. The summed E-state index contributed by atoms with van der Waals surface area (Å²) in [5.74, 6) is 0.818. The summed E-state index contributed by atoms with van der Waals surface area (Å²) in [6.45, 7) is 8.18. The number of nitrogens with one attached hydrogen (secondary N) is 1. The van der Waals surface area contributed by atoms with Gasteiger partial charge in [0.15, 0.2) is 5.13 Å². The minimum atomic E-state index is 0.818. The minimum absolute atomic E-state index is 0.818. The lowest BCUT2D eigenvalue weighted by Gasteiger charge is -2.01. The second-order valence-electron chi connectivity index (χ2n) is 4.92. The summed E-state index contributed by atoms with van der Waals surface area (Å²) in [5.41, 5.74) is 3.22. The van der Waals surface area contributed by atoms with Crippen molar-refractivity contribution in [1.29, 1.82) is 0 Å². The number of nitrogens with zero attached hydrogens (tertiary/aromatic N) is 3. The molecule has 3 aromatic heterocycles. The lowest BCUT2D eigenvalue weighted by atomic mass is 10.3. The Bertz CT molecular complexity index is 772. The van der Waals surface area contributed by atoms with E-state index in [1.807, 2.05) is 39.1 Å². The van der Waals surface area contributed by atoms with Crippen LogP contribution in [0.1, 0.15) is 21.1 Å². The highest BCUT2D eigenvalue weighted by Gasteiger charge is 2.15. The van der Waals surface area contributed by atoms with Gasteiger partial charge in [0, 0.05) is 11.1 Å². The van der Waals surface area contributed by atoms with Gasteiger partial charge in [-0.15, -0.1) is 22.7 Å². The molecule has 0 unspecified atom stereocenters. The van der Waals surface area contributed by atoms with Crippen LogP contribution in [-0.2, 0) is 0 Å². The SMILES string of the molecule is Cc1ccc(Nc2nc(-c3sc(C)nc3C)c(C)s2)nc1. The summed E-state index contributed by atoms with van der Waals surface area (Å²) >= 11 is 3.34. The molecule has 4 nitrogen and oxygen atoms in total. The van der Waals surface area contributed by atoms with Crippen LogP contribution in [0.15, 0.2) is 18.3 Å². The quantitative estimate of drug-likeness (QED) is 0.765. The molecule has 0 bridgehead atoms. The van der Waals surface area contributed by atoms with Crippen LogP contribution in [0.2, 0.25) is 0 Å². The number of anilines is 2. The Morgan fingerprint density at radius 1 is 1.00 bits per heavy atom. The molecule has 0 fully saturated rings. The minimum Gasteiger partial charge on any atom is -0.316 e. The number of hydrogen-bond acceptors (Lipinski definition) is 6. The maximum absolute atomic E-state index is 4.71. The average Bonchev–Trinajstić information content (AvgIpc) is 2.95. The van der Waals surface area contributed by atoms with E-state index in [9.17, 15) is 0 Å². The highest BCUT2D eigenvalue weighted by Crippen LogP contribution is 2.36. The number of hydrogen-bond donors (Lipinski definition) is 1. The van der Waals surface area contributed by atoms with Crippen molar-refractivity contribution in [2.24, 2.45) is 0 Å². The Morgan fingerprint density at radius 2 is 1.81 bits per heavy atom. The summed E-state index contributed by atoms with van der Waals surface area (Å²) in [5, 5.41) is 5.21. The standard InChI is InChI=1S/C15H16N4S2/c1-8-5-6-12(16-7-8)18-15-19-13(10(3)20-15)14-9(2)17-11(4)21-14/h5-7H,1-4H3,(H,16,18,19). The van der Waals surface area contributed by atoms with Crippen LogP contribution in [0.25, 0.3) is 10.6 Å². The van der Waals surface area contributed by atoms with Crippen LogP contribution < -0.4 is 5.32 Å². The van der Waals surface area contributed by atoms with Gasteiger partial charge in [0.2, 0.25) is 0 Å². The Balaban J connectivity index is 1.91. The van der Waals surface area contributed by atoms with Crippen LogP contribution in [-0.4, -0.2) is 15.0 Å². The van der Waals surface area contributed by atoms with E-state index in [1.54, 1.807) is 22.7 Å². The van der Waals surface area contributed by atoms with Gasteiger partial charge in [0.25, 0.3) is 0 Å². The highest BCUT2D eigenvalue weighted by molar-refractivity contribution is 7.18. The predicted molar refractivity (Wildman–Crippen MR) is 89.7 cm³/mol. The molecule has 0 aliphatic carbocycles. The number of pyridine rings is 1. The Kier molecular flexibility index (Phi) is 3.73. The third kappa shape index (κ3) is 2.96. The van der Waals surface area contributed by atoms with Crippen LogP contribution in [0.3, 0.4) is 0 Å². The third-order valence-electron chi connectivity index (χ3n) is 3.06.